The third-order valence-electron chi connectivity index (χ3n) is 3.22. The first-order valence-electron chi connectivity index (χ1n) is 6.22. The number of aromatic nitrogens is 1. The number of anilines is 2. The van der Waals surface area contributed by atoms with Crippen molar-refractivity contribution < 1.29 is 8.42 Å². The lowest BCUT2D eigenvalue weighted by molar-refractivity contribution is 0.595. The predicted molar refractivity (Wildman–Crippen MR) is 83.2 cm³/mol. The highest BCUT2D eigenvalue weighted by Crippen LogP contribution is 2.42. The molecule has 0 aliphatic heterocycles. The standard InChI is InChI=1S/C12H15N3O2S3/c1-15(7-8-3-2-6-18-8)12-10(11(13)14-19-12)20(16,17)9-4-5-9/h2-3,6,9H,4-5,7H2,1H3,(H2,13,14). The number of nitrogen functional groups attached to an aromatic ring is 1. The van der Waals surface area contributed by atoms with Crippen molar-refractivity contribution in [3.05, 3.63) is 22.4 Å². The van der Waals surface area contributed by atoms with Crippen LogP contribution in [-0.2, 0) is 16.4 Å². The second kappa shape index (κ2) is 5.01. The van der Waals surface area contributed by atoms with Gasteiger partial charge in [-0.2, -0.15) is 4.37 Å². The molecule has 0 amide bonds. The van der Waals surface area contributed by atoms with Gasteiger partial charge < -0.3 is 10.6 Å². The maximum atomic E-state index is 12.5. The Balaban J connectivity index is 1.94. The van der Waals surface area contributed by atoms with Crippen LogP contribution in [0, 0.1) is 0 Å². The Morgan fingerprint density at radius 1 is 1.50 bits per heavy atom. The van der Waals surface area contributed by atoms with Gasteiger partial charge in [-0.3, -0.25) is 0 Å². The number of rotatable bonds is 5. The van der Waals surface area contributed by atoms with E-state index in [2.05, 4.69) is 4.37 Å². The first kappa shape index (κ1) is 13.8. The number of hydrogen-bond donors (Lipinski definition) is 1. The van der Waals surface area contributed by atoms with Gasteiger partial charge in [0.05, 0.1) is 11.8 Å². The van der Waals surface area contributed by atoms with Crippen LogP contribution in [0.4, 0.5) is 10.8 Å². The lowest BCUT2D eigenvalue weighted by Gasteiger charge is -2.17. The van der Waals surface area contributed by atoms with Gasteiger partial charge in [0.15, 0.2) is 15.7 Å². The number of sulfone groups is 1. The zero-order chi connectivity index (χ0) is 14.3. The zero-order valence-electron chi connectivity index (χ0n) is 10.9. The topological polar surface area (TPSA) is 76.3 Å². The zero-order valence-corrected chi connectivity index (χ0v) is 13.4. The van der Waals surface area contributed by atoms with Crippen LogP contribution in [0.3, 0.4) is 0 Å². The smallest absolute Gasteiger partial charge is 0.187 e. The van der Waals surface area contributed by atoms with Crippen LogP contribution < -0.4 is 10.6 Å². The van der Waals surface area contributed by atoms with Gasteiger partial charge in [-0.05, 0) is 35.8 Å². The molecule has 3 rings (SSSR count). The van der Waals surface area contributed by atoms with Crippen molar-refractivity contribution in [1.29, 1.82) is 0 Å². The van der Waals surface area contributed by atoms with Crippen molar-refractivity contribution in [1.82, 2.24) is 4.37 Å². The van der Waals surface area contributed by atoms with E-state index < -0.39 is 9.84 Å². The SMILES string of the molecule is CN(Cc1cccs1)c1snc(N)c1S(=O)(=O)C1CC1. The Bertz CT molecular complexity index is 702. The molecule has 20 heavy (non-hydrogen) atoms. The molecule has 0 saturated heterocycles. The molecule has 2 aromatic heterocycles. The molecule has 108 valence electrons. The van der Waals surface area contributed by atoms with Gasteiger partial charge >= 0.3 is 0 Å². The number of hydrogen-bond acceptors (Lipinski definition) is 7. The van der Waals surface area contributed by atoms with Crippen molar-refractivity contribution in [2.75, 3.05) is 17.7 Å². The lowest BCUT2D eigenvalue weighted by atomic mass is 10.4. The summed E-state index contributed by atoms with van der Waals surface area (Å²) in [6, 6.07) is 4.01. The highest BCUT2D eigenvalue weighted by atomic mass is 32.2. The average Bonchev–Trinajstić information content (AvgIpc) is 3.01. The fraction of sp³-hybridized carbons (Fsp3) is 0.417. The monoisotopic (exact) mass is 329 g/mol. The fourth-order valence-electron chi connectivity index (χ4n) is 2.05. The van der Waals surface area contributed by atoms with Crippen LogP contribution >= 0.6 is 22.9 Å². The van der Waals surface area contributed by atoms with E-state index in [-0.39, 0.29) is 16.0 Å². The molecule has 1 aliphatic carbocycles. The molecule has 0 radical (unpaired) electrons. The number of thiophene rings is 1. The van der Waals surface area contributed by atoms with Gasteiger partial charge in [0, 0.05) is 11.9 Å². The first-order chi connectivity index (χ1) is 9.50. The van der Waals surface area contributed by atoms with Crippen molar-refractivity contribution >= 4 is 43.5 Å². The Hall–Kier alpha value is -1.12. The molecular weight excluding hydrogens is 314 g/mol. The summed E-state index contributed by atoms with van der Waals surface area (Å²) in [6.45, 7) is 0.659. The second-order valence-electron chi connectivity index (χ2n) is 4.88. The normalized spacial score (nSPS) is 15.4. The van der Waals surface area contributed by atoms with Crippen molar-refractivity contribution in [3.8, 4) is 0 Å². The van der Waals surface area contributed by atoms with E-state index in [0.717, 1.165) is 24.4 Å². The third kappa shape index (κ3) is 2.43. The van der Waals surface area contributed by atoms with Crippen molar-refractivity contribution in [2.45, 2.75) is 29.5 Å². The van der Waals surface area contributed by atoms with E-state index in [9.17, 15) is 8.42 Å². The molecule has 2 heterocycles. The summed E-state index contributed by atoms with van der Waals surface area (Å²) in [7, 11) is -1.45. The minimum atomic E-state index is -3.32. The summed E-state index contributed by atoms with van der Waals surface area (Å²) in [5.74, 6) is 0.134. The Morgan fingerprint density at radius 3 is 2.85 bits per heavy atom. The van der Waals surface area contributed by atoms with Crippen LogP contribution in [0.2, 0.25) is 0 Å². The molecule has 0 unspecified atom stereocenters. The van der Waals surface area contributed by atoms with Crippen molar-refractivity contribution in [2.24, 2.45) is 0 Å². The quantitative estimate of drug-likeness (QED) is 0.911. The molecule has 5 nitrogen and oxygen atoms in total. The molecular formula is C12H15N3O2S3. The Kier molecular flexibility index (Phi) is 3.47. The molecule has 0 bridgehead atoms. The van der Waals surface area contributed by atoms with Crippen LogP contribution in [0.5, 0.6) is 0 Å². The van der Waals surface area contributed by atoms with Crippen LogP contribution in [-0.4, -0.2) is 25.1 Å². The van der Waals surface area contributed by atoms with Gasteiger partial charge in [-0.1, -0.05) is 6.07 Å². The van der Waals surface area contributed by atoms with E-state index in [1.165, 1.54) is 4.88 Å². The molecule has 1 saturated carbocycles. The molecule has 0 atom stereocenters. The maximum Gasteiger partial charge on any atom is 0.187 e. The summed E-state index contributed by atoms with van der Waals surface area (Å²) in [6.07, 6.45) is 1.46. The van der Waals surface area contributed by atoms with Gasteiger partial charge in [0.25, 0.3) is 0 Å². The highest BCUT2D eigenvalue weighted by Gasteiger charge is 2.41. The molecule has 2 N–H and O–H groups in total. The van der Waals surface area contributed by atoms with E-state index in [4.69, 9.17) is 5.73 Å². The highest BCUT2D eigenvalue weighted by molar-refractivity contribution is 7.92. The van der Waals surface area contributed by atoms with E-state index in [1.807, 2.05) is 29.5 Å². The third-order valence-corrected chi connectivity index (χ3v) is 7.51. The fourth-order valence-corrected chi connectivity index (χ4v) is 5.82. The molecule has 2 aromatic rings. The second-order valence-corrected chi connectivity index (χ2v) is 8.83. The first-order valence-corrected chi connectivity index (χ1v) is 9.42. The van der Waals surface area contributed by atoms with E-state index in [1.54, 1.807) is 11.3 Å². The molecule has 1 aliphatic rings. The van der Waals surface area contributed by atoms with Crippen LogP contribution in [0.1, 0.15) is 17.7 Å². The van der Waals surface area contributed by atoms with Gasteiger partial charge in [0.2, 0.25) is 0 Å². The van der Waals surface area contributed by atoms with Crippen LogP contribution in [0.15, 0.2) is 22.4 Å². The Labute approximate surface area is 126 Å². The number of nitrogens with two attached hydrogens (primary N) is 1. The minimum absolute atomic E-state index is 0.134. The largest absolute Gasteiger partial charge is 0.382 e. The summed E-state index contributed by atoms with van der Waals surface area (Å²) in [5.41, 5.74) is 5.80. The lowest BCUT2D eigenvalue weighted by Crippen LogP contribution is -2.19. The van der Waals surface area contributed by atoms with E-state index >= 15 is 0 Å². The minimum Gasteiger partial charge on any atom is -0.382 e. The van der Waals surface area contributed by atoms with Crippen molar-refractivity contribution in [3.63, 3.8) is 0 Å². The maximum absolute atomic E-state index is 12.5. The molecule has 0 aromatic carbocycles. The van der Waals surface area contributed by atoms with Gasteiger partial charge in [-0.25, -0.2) is 8.42 Å². The summed E-state index contributed by atoms with van der Waals surface area (Å²) >= 11 is 2.80. The summed E-state index contributed by atoms with van der Waals surface area (Å²) < 4.78 is 29.0. The number of nitrogens with zero attached hydrogens (tertiary/aromatic N) is 2. The molecule has 0 spiro atoms. The molecule has 8 heteroatoms. The van der Waals surface area contributed by atoms with Gasteiger partial charge in [-0.15, -0.1) is 11.3 Å². The predicted octanol–water partition coefficient (Wildman–Crippen LogP) is 2.36. The Morgan fingerprint density at radius 2 is 2.25 bits per heavy atom. The average molecular weight is 329 g/mol. The molecule has 1 fully saturated rings. The van der Waals surface area contributed by atoms with Crippen LogP contribution in [0.25, 0.3) is 0 Å². The summed E-state index contributed by atoms with van der Waals surface area (Å²) in [5, 5.41) is 2.38. The van der Waals surface area contributed by atoms with Gasteiger partial charge in [0.1, 0.15) is 9.90 Å². The van der Waals surface area contributed by atoms with E-state index in [0.29, 0.717) is 11.5 Å². The summed E-state index contributed by atoms with van der Waals surface area (Å²) in [4.78, 5) is 3.31.